The summed E-state index contributed by atoms with van der Waals surface area (Å²) in [6, 6.07) is 12.2. The summed E-state index contributed by atoms with van der Waals surface area (Å²) in [5.41, 5.74) is 3.67. The molecule has 2 N–H and O–H groups in total. The Balaban J connectivity index is 1.61. The van der Waals surface area contributed by atoms with Crippen LogP contribution in [0.4, 0.5) is 4.79 Å². The maximum atomic E-state index is 12.2. The number of pyridine rings is 1. The van der Waals surface area contributed by atoms with Crippen molar-refractivity contribution in [3.05, 3.63) is 65.5 Å². The van der Waals surface area contributed by atoms with Gasteiger partial charge < -0.3 is 10.6 Å². The zero-order valence-electron chi connectivity index (χ0n) is 12.6. The van der Waals surface area contributed by atoms with Gasteiger partial charge >= 0.3 is 6.03 Å². The van der Waals surface area contributed by atoms with E-state index in [1.54, 1.807) is 12.4 Å². The number of fused-ring (bicyclic) bond motifs is 1. The van der Waals surface area contributed by atoms with E-state index < -0.39 is 0 Å². The van der Waals surface area contributed by atoms with Crippen molar-refractivity contribution in [3.8, 4) is 0 Å². The van der Waals surface area contributed by atoms with E-state index in [-0.39, 0.29) is 12.1 Å². The summed E-state index contributed by atoms with van der Waals surface area (Å²) >= 11 is 0. The van der Waals surface area contributed by atoms with E-state index in [1.165, 1.54) is 17.5 Å². The molecule has 3 rings (SSSR count). The van der Waals surface area contributed by atoms with Gasteiger partial charge in [-0.2, -0.15) is 0 Å². The van der Waals surface area contributed by atoms with Crippen LogP contribution in [0.1, 0.15) is 42.0 Å². The largest absolute Gasteiger partial charge is 0.334 e. The first-order valence-electron chi connectivity index (χ1n) is 7.84. The van der Waals surface area contributed by atoms with E-state index in [4.69, 9.17) is 0 Å². The third-order valence-corrected chi connectivity index (χ3v) is 4.13. The van der Waals surface area contributed by atoms with Gasteiger partial charge in [0, 0.05) is 18.9 Å². The molecule has 22 heavy (non-hydrogen) atoms. The maximum absolute atomic E-state index is 12.2. The molecule has 4 nitrogen and oxygen atoms in total. The van der Waals surface area contributed by atoms with Gasteiger partial charge in [0.2, 0.25) is 0 Å². The Kier molecular flexibility index (Phi) is 4.68. The molecule has 0 saturated carbocycles. The second-order valence-corrected chi connectivity index (χ2v) is 5.68. The predicted molar refractivity (Wildman–Crippen MR) is 86.3 cm³/mol. The zero-order chi connectivity index (χ0) is 15.2. The van der Waals surface area contributed by atoms with Crippen molar-refractivity contribution in [1.29, 1.82) is 0 Å². The van der Waals surface area contributed by atoms with Gasteiger partial charge in [-0.1, -0.05) is 30.7 Å². The molecule has 0 aliphatic heterocycles. The van der Waals surface area contributed by atoms with E-state index >= 15 is 0 Å². The van der Waals surface area contributed by atoms with Crippen LogP contribution < -0.4 is 10.6 Å². The van der Waals surface area contributed by atoms with Gasteiger partial charge in [0.05, 0.1) is 6.04 Å². The Morgan fingerprint density at radius 1 is 1.14 bits per heavy atom. The molecular weight excluding hydrogens is 274 g/mol. The Bertz CT molecular complexity index is 627. The van der Waals surface area contributed by atoms with E-state index in [1.807, 2.05) is 18.2 Å². The average Bonchev–Trinajstić information content (AvgIpc) is 2.77. The number of nitrogens with zero attached hydrogens (tertiary/aromatic N) is 1. The summed E-state index contributed by atoms with van der Waals surface area (Å²) in [5.74, 6) is 0. The minimum absolute atomic E-state index is 0.108. The lowest BCUT2D eigenvalue weighted by Gasteiger charge is -2.19. The quantitative estimate of drug-likeness (QED) is 0.853. The molecule has 0 fully saturated rings. The summed E-state index contributed by atoms with van der Waals surface area (Å²) < 4.78 is 0. The molecule has 1 aromatic heterocycles. The number of aromatic nitrogens is 1. The van der Waals surface area contributed by atoms with E-state index in [9.17, 15) is 4.79 Å². The molecule has 4 heteroatoms. The fourth-order valence-electron chi connectivity index (χ4n) is 2.96. The number of hydrogen-bond donors (Lipinski definition) is 2. The van der Waals surface area contributed by atoms with Crippen molar-refractivity contribution in [3.63, 3.8) is 0 Å². The van der Waals surface area contributed by atoms with Gasteiger partial charge in [0.15, 0.2) is 0 Å². The van der Waals surface area contributed by atoms with Crippen LogP contribution in [0.15, 0.2) is 48.8 Å². The third-order valence-electron chi connectivity index (χ3n) is 4.13. The number of aryl methyl sites for hydroxylation is 1. The molecular formula is C18H21N3O. The van der Waals surface area contributed by atoms with Crippen molar-refractivity contribution in [2.75, 3.05) is 0 Å². The molecule has 1 heterocycles. The fourth-order valence-corrected chi connectivity index (χ4v) is 2.96. The number of nitrogens with one attached hydrogen (secondary N) is 2. The lowest BCUT2D eigenvalue weighted by molar-refractivity contribution is 0.236. The summed E-state index contributed by atoms with van der Waals surface area (Å²) in [6.07, 6.45) is 7.90. The predicted octanol–water partition coefficient (Wildman–Crippen LogP) is 3.35. The van der Waals surface area contributed by atoms with Gasteiger partial charge in [0.25, 0.3) is 0 Å². The highest BCUT2D eigenvalue weighted by Gasteiger charge is 2.19. The fraction of sp³-hybridized carbons (Fsp3) is 0.333. The molecule has 114 valence electrons. The van der Waals surface area contributed by atoms with Crippen LogP contribution in [0.5, 0.6) is 0 Å². The average molecular weight is 295 g/mol. The smallest absolute Gasteiger partial charge is 0.315 e. The Morgan fingerprint density at radius 2 is 1.95 bits per heavy atom. The molecule has 1 atom stereocenters. The molecule has 0 radical (unpaired) electrons. The first kappa shape index (κ1) is 14.6. The van der Waals surface area contributed by atoms with Crippen molar-refractivity contribution in [1.82, 2.24) is 15.6 Å². The SMILES string of the molecule is O=C(NCc1ccncc1)N[C@H]1CCCCc2ccccc21. The lowest BCUT2D eigenvalue weighted by atomic mass is 9.99. The summed E-state index contributed by atoms with van der Waals surface area (Å²) in [6.45, 7) is 0.517. The van der Waals surface area contributed by atoms with Crippen LogP contribution in [-0.2, 0) is 13.0 Å². The van der Waals surface area contributed by atoms with Crippen LogP contribution in [0.2, 0.25) is 0 Å². The van der Waals surface area contributed by atoms with Crippen molar-refractivity contribution < 1.29 is 4.79 Å². The van der Waals surface area contributed by atoms with Gasteiger partial charge in [-0.05, 0) is 48.1 Å². The molecule has 1 aromatic carbocycles. The number of carbonyl (C=O) groups excluding carboxylic acids is 1. The minimum Gasteiger partial charge on any atom is -0.334 e. The molecule has 0 spiro atoms. The second kappa shape index (κ2) is 7.07. The van der Waals surface area contributed by atoms with E-state index in [2.05, 4.69) is 33.8 Å². The van der Waals surface area contributed by atoms with Gasteiger partial charge in [-0.25, -0.2) is 4.79 Å². The Labute approximate surface area is 131 Å². The van der Waals surface area contributed by atoms with Crippen molar-refractivity contribution in [2.24, 2.45) is 0 Å². The maximum Gasteiger partial charge on any atom is 0.315 e. The van der Waals surface area contributed by atoms with Gasteiger partial charge in [-0.3, -0.25) is 4.98 Å². The molecule has 2 amide bonds. The van der Waals surface area contributed by atoms with Crippen molar-refractivity contribution >= 4 is 6.03 Å². The van der Waals surface area contributed by atoms with Crippen molar-refractivity contribution in [2.45, 2.75) is 38.3 Å². The normalized spacial score (nSPS) is 17.2. The van der Waals surface area contributed by atoms with Gasteiger partial charge in [-0.15, -0.1) is 0 Å². The highest BCUT2D eigenvalue weighted by atomic mass is 16.2. The lowest BCUT2D eigenvalue weighted by Crippen LogP contribution is -2.37. The molecule has 0 unspecified atom stereocenters. The van der Waals surface area contributed by atoms with Crippen LogP contribution >= 0.6 is 0 Å². The summed E-state index contributed by atoms with van der Waals surface area (Å²) in [4.78, 5) is 16.1. The number of amides is 2. The summed E-state index contributed by atoms with van der Waals surface area (Å²) in [7, 11) is 0. The minimum atomic E-state index is -0.112. The number of carbonyl (C=O) groups is 1. The summed E-state index contributed by atoms with van der Waals surface area (Å²) in [5, 5.41) is 6.04. The highest BCUT2D eigenvalue weighted by molar-refractivity contribution is 5.74. The number of rotatable bonds is 3. The van der Waals surface area contributed by atoms with Crippen LogP contribution in [0.25, 0.3) is 0 Å². The topological polar surface area (TPSA) is 54.0 Å². The van der Waals surface area contributed by atoms with Gasteiger partial charge in [0.1, 0.15) is 0 Å². The molecule has 0 bridgehead atoms. The van der Waals surface area contributed by atoms with Crippen LogP contribution in [-0.4, -0.2) is 11.0 Å². The molecule has 0 saturated heterocycles. The monoisotopic (exact) mass is 295 g/mol. The number of urea groups is 1. The Morgan fingerprint density at radius 3 is 2.82 bits per heavy atom. The third kappa shape index (κ3) is 3.64. The van der Waals surface area contributed by atoms with Crippen LogP contribution in [0.3, 0.4) is 0 Å². The molecule has 2 aromatic rings. The number of hydrogen-bond acceptors (Lipinski definition) is 2. The van der Waals surface area contributed by atoms with E-state index in [0.717, 1.165) is 24.8 Å². The number of benzene rings is 1. The van der Waals surface area contributed by atoms with E-state index in [0.29, 0.717) is 6.54 Å². The molecule has 1 aliphatic carbocycles. The molecule has 1 aliphatic rings. The second-order valence-electron chi connectivity index (χ2n) is 5.68. The Hall–Kier alpha value is -2.36. The standard InChI is InChI=1S/C18H21N3O/c22-18(20-13-14-9-11-19-12-10-14)21-17-8-4-2-6-15-5-1-3-7-16(15)17/h1,3,5,7,9-12,17H,2,4,6,8,13H2,(H2,20,21,22)/t17-/m0/s1. The highest BCUT2D eigenvalue weighted by Crippen LogP contribution is 2.28. The zero-order valence-corrected chi connectivity index (χ0v) is 12.6. The first-order chi connectivity index (χ1) is 10.8. The van der Waals surface area contributed by atoms with Crippen LogP contribution in [0, 0.1) is 0 Å². The first-order valence-corrected chi connectivity index (χ1v) is 7.84.